The van der Waals surface area contributed by atoms with Gasteiger partial charge in [0.25, 0.3) is 5.91 Å². The van der Waals surface area contributed by atoms with Crippen LogP contribution < -0.4 is 4.90 Å². The van der Waals surface area contributed by atoms with E-state index in [4.69, 9.17) is 34.8 Å². The Hall–Kier alpha value is -2.34. The number of nitrogens with zero attached hydrogens (tertiary/aromatic N) is 2. The minimum Gasteiger partial charge on any atom is -0.288 e. The van der Waals surface area contributed by atoms with Crippen molar-refractivity contribution in [2.24, 2.45) is 35.5 Å². The second kappa shape index (κ2) is 7.59. The first kappa shape index (κ1) is 21.2. The van der Waals surface area contributed by atoms with Gasteiger partial charge in [-0.3, -0.25) is 24.2 Å². The molecular weight excluding hydrogens is 483 g/mol. The molecule has 4 aliphatic carbocycles. The summed E-state index contributed by atoms with van der Waals surface area (Å²) in [4.78, 5) is 43.1. The first-order chi connectivity index (χ1) is 15.9. The van der Waals surface area contributed by atoms with Crippen LogP contribution in [0.1, 0.15) is 16.8 Å². The fourth-order valence-electron chi connectivity index (χ4n) is 6.00. The van der Waals surface area contributed by atoms with Gasteiger partial charge in [-0.25, -0.2) is 0 Å². The summed E-state index contributed by atoms with van der Waals surface area (Å²) < 4.78 is 0. The summed E-state index contributed by atoms with van der Waals surface area (Å²) in [6.07, 6.45) is 5.35. The Morgan fingerprint density at radius 2 is 1.52 bits per heavy atom. The van der Waals surface area contributed by atoms with Crippen molar-refractivity contribution >= 4 is 58.2 Å². The van der Waals surface area contributed by atoms with Crippen molar-refractivity contribution in [3.05, 3.63) is 75.2 Å². The summed E-state index contributed by atoms with van der Waals surface area (Å²) in [6.45, 7) is -0.206. The lowest BCUT2D eigenvalue weighted by Crippen LogP contribution is -2.45. The van der Waals surface area contributed by atoms with Crippen molar-refractivity contribution in [2.45, 2.75) is 6.42 Å². The Labute approximate surface area is 205 Å². The Morgan fingerprint density at radius 1 is 0.879 bits per heavy atom. The highest BCUT2D eigenvalue weighted by Gasteiger charge is 2.67. The van der Waals surface area contributed by atoms with Crippen molar-refractivity contribution in [1.29, 1.82) is 0 Å². The summed E-state index contributed by atoms with van der Waals surface area (Å²) >= 11 is 18.6. The van der Waals surface area contributed by atoms with Crippen molar-refractivity contribution < 1.29 is 14.4 Å². The van der Waals surface area contributed by atoms with E-state index in [2.05, 4.69) is 12.2 Å². The van der Waals surface area contributed by atoms with Crippen molar-refractivity contribution in [2.75, 3.05) is 11.6 Å². The molecule has 2 aromatic rings. The van der Waals surface area contributed by atoms with E-state index in [0.29, 0.717) is 27.6 Å². The van der Waals surface area contributed by atoms with E-state index in [1.165, 1.54) is 21.9 Å². The largest absolute Gasteiger partial charge is 0.288 e. The van der Waals surface area contributed by atoms with Crippen LogP contribution in [0, 0.1) is 35.5 Å². The van der Waals surface area contributed by atoms with Gasteiger partial charge in [0.05, 0.1) is 32.6 Å². The number of carbonyl (C=O) groups excluding carboxylic acids is 3. The molecule has 5 aliphatic rings. The average Bonchev–Trinajstić information content (AvgIpc) is 3.59. The van der Waals surface area contributed by atoms with Crippen LogP contribution in [-0.4, -0.2) is 29.3 Å². The van der Waals surface area contributed by atoms with Gasteiger partial charge in [0.1, 0.15) is 6.67 Å². The highest BCUT2D eigenvalue weighted by Crippen LogP contribution is 2.65. The van der Waals surface area contributed by atoms with Gasteiger partial charge in [-0.05, 0) is 60.4 Å². The fourth-order valence-corrected chi connectivity index (χ4v) is 6.54. The SMILES string of the molecule is O=C1C2C3C=CC(C4CC34)C2C(=O)N1CN(C(=O)c1ccc(Cl)c(Cl)c1)c1ccccc1Cl. The predicted molar refractivity (Wildman–Crippen MR) is 126 cm³/mol. The lowest BCUT2D eigenvalue weighted by molar-refractivity contribution is -0.140. The van der Waals surface area contributed by atoms with Gasteiger partial charge in [0, 0.05) is 5.56 Å². The number of imide groups is 1. The van der Waals surface area contributed by atoms with Crippen molar-refractivity contribution in [3.63, 3.8) is 0 Å². The van der Waals surface area contributed by atoms with E-state index in [1.54, 1.807) is 30.3 Å². The fraction of sp³-hybridized carbons (Fsp3) is 0.320. The summed E-state index contributed by atoms with van der Waals surface area (Å²) in [7, 11) is 0. The summed E-state index contributed by atoms with van der Waals surface area (Å²) in [5, 5.41) is 0.904. The average molecular weight is 502 g/mol. The Bertz CT molecular complexity index is 1210. The minimum atomic E-state index is -0.430. The van der Waals surface area contributed by atoms with Crippen LogP contribution in [0.25, 0.3) is 0 Å². The number of likely N-dealkylation sites (tertiary alicyclic amines) is 1. The molecule has 1 heterocycles. The number of benzene rings is 2. The van der Waals surface area contributed by atoms with Gasteiger partial charge in [0.2, 0.25) is 11.8 Å². The molecule has 7 rings (SSSR count). The molecule has 0 radical (unpaired) electrons. The molecule has 33 heavy (non-hydrogen) atoms. The molecule has 2 saturated carbocycles. The third-order valence-corrected chi connectivity index (χ3v) is 8.65. The van der Waals surface area contributed by atoms with Gasteiger partial charge in [-0.2, -0.15) is 0 Å². The molecule has 6 unspecified atom stereocenters. The van der Waals surface area contributed by atoms with Gasteiger partial charge >= 0.3 is 0 Å². The molecule has 8 heteroatoms. The Morgan fingerprint density at radius 3 is 2.12 bits per heavy atom. The lowest BCUT2D eigenvalue weighted by Gasteiger charge is -2.37. The Kier molecular flexibility index (Phi) is 4.88. The van der Waals surface area contributed by atoms with E-state index < -0.39 is 5.91 Å². The predicted octanol–water partition coefficient (Wildman–Crippen LogP) is 5.30. The quantitative estimate of drug-likeness (QED) is 0.422. The maximum absolute atomic E-state index is 13.6. The smallest absolute Gasteiger partial charge is 0.259 e. The van der Waals surface area contributed by atoms with Crippen LogP contribution in [0.5, 0.6) is 0 Å². The van der Waals surface area contributed by atoms with Crippen LogP contribution in [-0.2, 0) is 9.59 Å². The number of halogens is 3. The molecule has 0 spiro atoms. The molecule has 0 N–H and O–H groups in total. The van der Waals surface area contributed by atoms with Crippen LogP contribution >= 0.6 is 34.8 Å². The minimum absolute atomic E-state index is 0.117. The molecule has 6 atom stereocenters. The molecule has 2 aromatic carbocycles. The van der Waals surface area contributed by atoms with Crippen LogP contribution in [0.4, 0.5) is 5.69 Å². The normalized spacial score (nSPS) is 30.9. The second-order valence-electron chi connectivity index (χ2n) is 9.21. The number of hydrogen-bond donors (Lipinski definition) is 0. The van der Waals surface area contributed by atoms with E-state index >= 15 is 0 Å². The third kappa shape index (κ3) is 3.17. The monoisotopic (exact) mass is 500 g/mol. The molecule has 3 amide bonds. The molecule has 1 saturated heterocycles. The van der Waals surface area contributed by atoms with E-state index in [0.717, 1.165) is 6.42 Å². The molecule has 5 nitrogen and oxygen atoms in total. The van der Waals surface area contributed by atoms with Crippen LogP contribution in [0.3, 0.4) is 0 Å². The highest BCUT2D eigenvalue weighted by molar-refractivity contribution is 6.42. The van der Waals surface area contributed by atoms with Gasteiger partial charge in [-0.1, -0.05) is 59.1 Å². The van der Waals surface area contributed by atoms with Gasteiger partial charge in [-0.15, -0.1) is 0 Å². The van der Waals surface area contributed by atoms with Gasteiger partial charge in [0.15, 0.2) is 0 Å². The van der Waals surface area contributed by atoms with Crippen LogP contribution in [0.2, 0.25) is 15.1 Å². The topological polar surface area (TPSA) is 57.7 Å². The van der Waals surface area contributed by atoms with E-state index in [-0.39, 0.29) is 52.7 Å². The number of hydrogen-bond acceptors (Lipinski definition) is 3. The van der Waals surface area contributed by atoms with Crippen molar-refractivity contribution in [3.8, 4) is 0 Å². The second-order valence-corrected chi connectivity index (χ2v) is 10.4. The van der Waals surface area contributed by atoms with E-state index in [9.17, 15) is 14.4 Å². The van der Waals surface area contributed by atoms with Gasteiger partial charge < -0.3 is 0 Å². The first-order valence-electron chi connectivity index (χ1n) is 10.9. The maximum atomic E-state index is 13.6. The van der Waals surface area contributed by atoms with Crippen molar-refractivity contribution in [1.82, 2.24) is 4.90 Å². The maximum Gasteiger partial charge on any atom is 0.259 e. The zero-order chi connectivity index (χ0) is 23.0. The molecule has 0 aromatic heterocycles. The molecule has 3 fully saturated rings. The standard InChI is InChI=1S/C25H19Cl3N2O3/c26-17-8-5-12(9-19(17)28)23(31)29(20-4-2-1-3-18(20)27)11-30-24(32)21-13-6-7-14(16-10-15(13)16)22(21)25(30)33/h1-9,13-16,21-22H,10-11H2. The summed E-state index contributed by atoms with van der Waals surface area (Å²) in [5.41, 5.74) is 0.693. The van der Waals surface area contributed by atoms with Crippen LogP contribution in [0.15, 0.2) is 54.6 Å². The number of carbonyl (C=O) groups is 3. The summed E-state index contributed by atoms with van der Waals surface area (Å²) in [6, 6.07) is 11.4. The summed E-state index contributed by atoms with van der Waals surface area (Å²) in [5.74, 6) is -0.236. The number of para-hydroxylation sites is 1. The first-order valence-corrected chi connectivity index (χ1v) is 12.0. The molecule has 1 aliphatic heterocycles. The number of allylic oxidation sites excluding steroid dienone is 2. The molecular formula is C25H19Cl3N2O3. The Balaban J connectivity index is 1.36. The number of anilines is 1. The number of amides is 3. The highest BCUT2D eigenvalue weighted by atomic mass is 35.5. The zero-order valence-corrected chi connectivity index (χ0v) is 19.6. The third-order valence-electron chi connectivity index (χ3n) is 7.59. The lowest BCUT2D eigenvalue weighted by atomic mass is 9.63. The number of rotatable bonds is 4. The van der Waals surface area contributed by atoms with E-state index in [1.807, 2.05) is 0 Å². The molecule has 168 valence electrons. The molecule has 2 bridgehead atoms. The zero-order valence-electron chi connectivity index (χ0n) is 17.3.